The Balaban J connectivity index is 1.54. The van der Waals surface area contributed by atoms with E-state index in [0.717, 1.165) is 11.1 Å². The Hall–Kier alpha value is -2.36. The van der Waals surface area contributed by atoms with Crippen LogP contribution in [0.4, 0.5) is 0 Å². The van der Waals surface area contributed by atoms with E-state index in [1.54, 1.807) is 16.7 Å². The highest BCUT2D eigenvalue weighted by atomic mass is 35.5. The Bertz CT molecular complexity index is 1260. The molecule has 0 unspecified atom stereocenters. The van der Waals surface area contributed by atoms with Crippen LogP contribution in [0.15, 0.2) is 45.7 Å². The van der Waals surface area contributed by atoms with Crippen LogP contribution in [0, 0.1) is 5.92 Å². The first-order valence-electron chi connectivity index (χ1n) is 9.43. The third-order valence-electron chi connectivity index (χ3n) is 4.47. The van der Waals surface area contributed by atoms with Crippen LogP contribution in [-0.2, 0) is 17.9 Å². The fourth-order valence-electron chi connectivity index (χ4n) is 3.11. The van der Waals surface area contributed by atoms with Crippen LogP contribution in [0.3, 0.4) is 0 Å². The lowest BCUT2D eigenvalue weighted by Gasteiger charge is -2.11. The van der Waals surface area contributed by atoms with Gasteiger partial charge in [0, 0.05) is 18.1 Å². The van der Waals surface area contributed by atoms with Crippen molar-refractivity contribution in [2.24, 2.45) is 5.92 Å². The van der Waals surface area contributed by atoms with Gasteiger partial charge in [-0.2, -0.15) is 0 Å². The lowest BCUT2D eigenvalue weighted by Crippen LogP contribution is -2.25. The van der Waals surface area contributed by atoms with Crippen LogP contribution in [0.1, 0.15) is 19.4 Å². The number of rotatable bonds is 7. The number of thiophene rings is 1. The molecule has 0 spiro atoms. The Morgan fingerprint density at radius 3 is 2.73 bits per heavy atom. The zero-order valence-corrected chi connectivity index (χ0v) is 18.9. The fraction of sp³-hybridized carbons (Fsp3) is 0.300. The topological polar surface area (TPSA) is 81.3 Å². The van der Waals surface area contributed by atoms with Crippen molar-refractivity contribution in [3.8, 4) is 0 Å². The predicted octanol–water partition coefficient (Wildman–Crippen LogP) is 3.82. The number of aromatic nitrogens is 4. The molecule has 30 heavy (non-hydrogen) atoms. The first kappa shape index (κ1) is 20.9. The van der Waals surface area contributed by atoms with Crippen LogP contribution >= 0.6 is 34.7 Å². The lowest BCUT2D eigenvalue weighted by atomic mass is 10.2. The summed E-state index contributed by atoms with van der Waals surface area (Å²) >= 11 is 8.59. The number of thioether (sulfide) groups is 1. The van der Waals surface area contributed by atoms with E-state index in [4.69, 9.17) is 11.6 Å². The smallest absolute Gasteiger partial charge is 0.272 e. The fourth-order valence-corrected chi connectivity index (χ4v) is 4.83. The quantitative estimate of drug-likeness (QED) is 0.423. The Labute approximate surface area is 186 Å². The van der Waals surface area contributed by atoms with E-state index >= 15 is 0 Å². The maximum atomic E-state index is 12.9. The number of halogens is 1. The molecule has 1 N–H and O–H groups in total. The van der Waals surface area contributed by atoms with Crippen molar-refractivity contribution < 1.29 is 4.79 Å². The Morgan fingerprint density at radius 2 is 2.00 bits per heavy atom. The minimum absolute atomic E-state index is 0.0501. The third kappa shape index (κ3) is 4.23. The summed E-state index contributed by atoms with van der Waals surface area (Å²) in [5.74, 6) is 0.881. The monoisotopic (exact) mass is 461 g/mol. The van der Waals surface area contributed by atoms with Crippen LogP contribution < -0.4 is 10.9 Å². The van der Waals surface area contributed by atoms with Crippen LogP contribution in [0.2, 0.25) is 5.02 Å². The maximum Gasteiger partial charge on any atom is 0.272 e. The number of benzene rings is 1. The number of carbonyl (C=O) groups is 1. The normalized spacial score (nSPS) is 11.6. The van der Waals surface area contributed by atoms with Gasteiger partial charge < -0.3 is 5.32 Å². The molecule has 0 fully saturated rings. The van der Waals surface area contributed by atoms with Crippen molar-refractivity contribution >= 4 is 56.6 Å². The molecule has 0 atom stereocenters. The van der Waals surface area contributed by atoms with Gasteiger partial charge in [0.25, 0.3) is 5.56 Å². The molecule has 1 aromatic carbocycles. The third-order valence-corrected chi connectivity index (χ3v) is 6.54. The van der Waals surface area contributed by atoms with E-state index in [0.29, 0.717) is 33.7 Å². The highest BCUT2D eigenvalue weighted by Gasteiger charge is 2.19. The molecule has 0 saturated carbocycles. The van der Waals surface area contributed by atoms with Crippen molar-refractivity contribution in [3.05, 3.63) is 56.7 Å². The molecule has 4 aromatic rings. The average molecular weight is 462 g/mol. The second-order valence-electron chi connectivity index (χ2n) is 7.25. The van der Waals surface area contributed by atoms with Gasteiger partial charge in [-0.1, -0.05) is 49.3 Å². The second-order valence-corrected chi connectivity index (χ2v) is 9.55. The second kappa shape index (κ2) is 8.79. The van der Waals surface area contributed by atoms with E-state index in [2.05, 4.69) is 29.4 Å². The van der Waals surface area contributed by atoms with Gasteiger partial charge >= 0.3 is 0 Å². The summed E-state index contributed by atoms with van der Waals surface area (Å²) in [5, 5.41) is 14.6. The molecule has 1 amide bonds. The summed E-state index contributed by atoms with van der Waals surface area (Å²) < 4.78 is 4.20. The van der Waals surface area contributed by atoms with E-state index in [9.17, 15) is 9.59 Å². The summed E-state index contributed by atoms with van der Waals surface area (Å²) in [4.78, 5) is 25.2. The number of hydrogen-bond acceptors (Lipinski definition) is 6. The van der Waals surface area contributed by atoms with E-state index in [1.165, 1.54) is 23.1 Å². The number of carbonyl (C=O) groups excluding carboxylic acids is 1. The van der Waals surface area contributed by atoms with Crippen LogP contribution in [0.5, 0.6) is 0 Å². The molecule has 0 aliphatic heterocycles. The summed E-state index contributed by atoms with van der Waals surface area (Å²) in [6.07, 6.45) is 0. The standard InChI is InChI=1S/C20H20ClN5O2S2/c1-12(2)10-25-18(28)17-15(7-8-29-17)26-19(25)23-24-20(26)30-11-16(27)22-9-13-3-5-14(21)6-4-13/h3-8,12H,9-11H2,1-2H3,(H,22,27). The number of amides is 1. The number of hydrogen-bond donors (Lipinski definition) is 1. The lowest BCUT2D eigenvalue weighted by molar-refractivity contribution is -0.118. The van der Waals surface area contributed by atoms with Crippen molar-refractivity contribution in [1.82, 2.24) is 24.5 Å². The summed E-state index contributed by atoms with van der Waals surface area (Å²) in [6.45, 7) is 5.09. The minimum Gasteiger partial charge on any atom is -0.351 e. The molecule has 7 nitrogen and oxygen atoms in total. The number of nitrogens with zero attached hydrogens (tertiary/aromatic N) is 4. The van der Waals surface area contributed by atoms with E-state index in [-0.39, 0.29) is 23.1 Å². The Kier molecular flexibility index (Phi) is 6.12. The minimum atomic E-state index is -0.108. The number of nitrogens with one attached hydrogen (secondary N) is 1. The molecule has 0 bridgehead atoms. The highest BCUT2D eigenvalue weighted by Crippen LogP contribution is 2.24. The van der Waals surface area contributed by atoms with Gasteiger partial charge in [0.05, 0.1) is 11.3 Å². The zero-order valence-electron chi connectivity index (χ0n) is 16.5. The maximum absolute atomic E-state index is 12.9. The molecular formula is C20H20ClN5O2S2. The number of fused-ring (bicyclic) bond motifs is 3. The molecule has 0 radical (unpaired) electrons. The molecular weight excluding hydrogens is 442 g/mol. The van der Waals surface area contributed by atoms with Crippen molar-refractivity contribution in [1.29, 1.82) is 0 Å². The molecule has 0 aliphatic rings. The van der Waals surface area contributed by atoms with Crippen molar-refractivity contribution in [2.75, 3.05) is 5.75 Å². The molecule has 0 aliphatic carbocycles. The first-order valence-corrected chi connectivity index (χ1v) is 11.7. The van der Waals surface area contributed by atoms with Gasteiger partial charge in [0.2, 0.25) is 11.7 Å². The van der Waals surface area contributed by atoms with E-state index < -0.39 is 0 Å². The van der Waals surface area contributed by atoms with Crippen LogP contribution in [0.25, 0.3) is 16.0 Å². The van der Waals surface area contributed by atoms with Gasteiger partial charge in [-0.3, -0.25) is 18.6 Å². The average Bonchev–Trinajstić information content (AvgIpc) is 3.36. The van der Waals surface area contributed by atoms with E-state index in [1.807, 2.05) is 28.0 Å². The highest BCUT2D eigenvalue weighted by molar-refractivity contribution is 7.99. The molecule has 0 saturated heterocycles. The predicted molar refractivity (Wildman–Crippen MR) is 121 cm³/mol. The Morgan fingerprint density at radius 1 is 1.23 bits per heavy atom. The van der Waals surface area contributed by atoms with Crippen molar-refractivity contribution in [2.45, 2.75) is 32.1 Å². The van der Waals surface area contributed by atoms with Gasteiger partial charge in [-0.05, 0) is 35.1 Å². The zero-order chi connectivity index (χ0) is 21.3. The molecule has 4 rings (SSSR count). The van der Waals surface area contributed by atoms with Crippen molar-refractivity contribution in [3.63, 3.8) is 0 Å². The first-order chi connectivity index (χ1) is 14.4. The SMILES string of the molecule is CC(C)Cn1c(=O)c2sccc2n2c(SCC(=O)NCc3ccc(Cl)cc3)nnc12. The van der Waals surface area contributed by atoms with Gasteiger partial charge in [0.1, 0.15) is 4.70 Å². The molecule has 156 valence electrons. The largest absolute Gasteiger partial charge is 0.351 e. The van der Waals surface area contributed by atoms with Crippen LogP contribution in [-0.4, -0.2) is 30.8 Å². The van der Waals surface area contributed by atoms with Gasteiger partial charge in [0.15, 0.2) is 5.16 Å². The molecule has 3 heterocycles. The summed E-state index contributed by atoms with van der Waals surface area (Å²) in [6, 6.07) is 9.24. The van der Waals surface area contributed by atoms with Gasteiger partial charge in [-0.25, -0.2) is 0 Å². The molecule has 10 heteroatoms. The van der Waals surface area contributed by atoms with Gasteiger partial charge in [-0.15, -0.1) is 21.5 Å². The summed E-state index contributed by atoms with van der Waals surface area (Å²) in [5.41, 5.74) is 1.70. The molecule has 3 aromatic heterocycles. The summed E-state index contributed by atoms with van der Waals surface area (Å²) in [7, 11) is 0.